The second-order valence-corrected chi connectivity index (χ2v) is 4.32. The molecule has 0 aliphatic carbocycles. The van der Waals surface area contributed by atoms with Crippen molar-refractivity contribution in [3.8, 4) is 0 Å². The molecule has 0 saturated heterocycles. The van der Waals surface area contributed by atoms with Gasteiger partial charge in [-0.3, -0.25) is 0 Å². The van der Waals surface area contributed by atoms with Gasteiger partial charge in [-0.25, -0.2) is 9.37 Å². The molecule has 0 radical (unpaired) electrons. The van der Waals surface area contributed by atoms with Gasteiger partial charge in [-0.2, -0.15) is 4.98 Å². The molecule has 1 atom stereocenters. The molecule has 5 heteroatoms. The molecule has 0 aliphatic rings. The van der Waals surface area contributed by atoms with Crippen molar-refractivity contribution in [2.24, 2.45) is 0 Å². The van der Waals surface area contributed by atoms with E-state index in [0.29, 0.717) is 17.7 Å². The first-order valence-corrected chi connectivity index (χ1v) is 6.30. The summed E-state index contributed by atoms with van der Waals surface area (Å²) in [5.41, 5.74) is 0.364. The van der Waals surface area contributed by atoms with Crippen LogP contribution in [0.4, 0.5) is 21.8 Å². The zero-order chi connectivity index (χ0) is 13.7. The molecule has 0 amide bonds. The van der Waals surface area contributed by atoms with Gasteiger partial charge in [0.05, 0.1) is 5.69 Å². The van der Waals surface area contributed by atoms with E-state index in [2.05, 4.69) is 34.4 Å². The molecule has 4 nitrogen and oxygen atoms in total. The van der Waals surface area contributed by atoms with Gasteiger partial charge >= 0.3 is 0 Å². The lowest BCUT2D eigenvalue weighted by atomic mass is 10.2. The normalized spacial score (nSPS) is 11.9. The van der Waals surface area contributed by atoms with E-state index in [1.54, 1.807) is 30.5 Å². The van der Waals surface area contributed by atoms with Crippen LogP contribution in [0.25, 0.3) is 0 Å². The molecule has 2 rings (SSSR count). The van der Waals surface area contributed by atoms with Gasteiger partial charge in [0.2, 0.25) is 5.95 Å². The third-order valence-corrected chi connectivity index (χ3v) is 2.78. The molecular weight excluding hydrogens is 243 g/mol. The number of anilines is 3. The van der Waals surface area contributed by atoms with Gasteiger partial charge in [-0.15, -0.1) is 0 Å². The second kappa shape index (κ2) is 6.13. The largest absolute Gasteiger partial charge is 0.367 e. The number of rotatable bonds is 5. The summed E-state index contributed by atoms with van der Waals surface area (Å²) in [6.07, 6.45) is 2.64. The molecule has 1 aromatic heterocycles. The standard InChI is InChI=1S/C14H17FN4/c1-3-10(2)17-13-8-9-16-14(19-13)18-12-7-5-4-6-11(12)15/h4-10H,3H2,1-2H3,(H2,16,17,18,19). The molecule has 19 heavy (non-hydrogen) atoms. The van der Waals surface area contributed by atoms with Crippen LogP contribution in [0, 0.1) is 5.82 Å². The molecule has 2 N–H and O–H groups in total. The summed E-state index contributed by atoms with van der Waals surface area (Å²) in [5, 5.41) is 6.11. The predicted molar refractivity (Wildman–Crippen MR) is 75.1 cm³/mol. The van der Waals surface area contributed by atoms with Crippen LogP contribution in [-0.4, -0.2) is 16.0 Å². The van der Waals surface area contributed by atoms with Crippen LogP contribution < -0.4 is 10.6 Å². The number of hydrogen-bond acceptors (Lipinski definition) is 4. The van der Waals surface area contributed by atoms with Crippen molar-refractivity contribution >= 4 is 17.5 Å². The van der Waals surface area contributed by atoms with Gasteiger partial charge in [0.25, 0.3) is 0 Å². The minimum atomic E-state index is -0.327. The Hall–Kier alpha value is -2.17. The van der Waals surface area contributed by atoms with Gasteiger partial charge in [0.1, 0.15) is 11.6 Å². The average molecular weight is 260 g/mol. The van der Waals surface area contributed by atoms with Crippen LogP contribution in [0.3, 0.4) is 0 Å². The maximum Gasteiger partial charge on any atom is 0.229 e. The topological polar surface area (TPSA) is 49.8 Å². The Morgan fingerprint density at radius 1 is 1.26 bits per heavy atom. The van der Waals surface area contributed by atoms with E-state index in [1.807, 2.05) is 0 Å². The Labute approximate surface area is 112 Å². The third-order valence-electron chi connectivity index (χ3n) is 2.78. The van der Waals surface area contributed by atoms with Gasteiger partial charge in [-0.1, -0.05) is 19.1 Å². The van der Waals surface area contributed by atoms with Crippen LogP contribution in [0.5, 0.6) is 0 Å². The van der Waals surface area contributed by atoms with Crippen molar-refractivity contribution in [2.45, 2.75) is 26.3 Å². The van der Waals surface area contributed by atoms with Crippen molar-refractivity contribution in [3.63, 3.8) is 0 Å². The molecule has 0 spiro atoms. The Morgan fingerprint density at radius 3 is 2.79 bits per heavy atom. The summed E-state index contributed by atoms with van der Waals surface area (Å²) in [4.78, 5) is 8.38. The minimum Gasteiger partial charge on any atom is -0.367 e. The summed E-state index contributed by atoms with van der Waals surface area (Å²) in [6.45, 7) is 4.17. The van der Waals surface area contributed by atoms with Crippen molar-refractivity contribution in [1.82, 2.24) is 9.97 Å². The lowest BCUT2D eigenvalue weighted by Crippen LogP contribution is -2.15. The Morgan fingerprint density at radius 2 is 2.05 bits per heavy atom. The molecular formula is C14H17FN4. The van der Waals surface area contributed by atoms with Crippen LogP contribution in [0.15, 0.2) is 36.5 Å². The number of halogens is 1. The molecule has 1 heterocycles. The van der Waals surface area contributed by atoms with Crippen LogP contribution in [0.2, 0.25) is 0 Å². The maximum absolute atomic E-state index is 13.5. The molecule has 1 aromatic carbocycles. The highest BCUT2D eigenvalue weighted by molar-refractivity contribution is 5.55. The monoisotopic (exact) mass is 260 g/mol. The highest BCUT2D eigenvalue weighted by Gasteiger charge is 2.05. The van der Waals surface area contributed by atoms with E-state index in [0.717, 1.165) is 12.2 Å². The number of para-hydroxylation sites is 1. The average Bonchev–Trinajstić information content (AvgIpc) is 2.42. The van der Waals surface area contributed by atoms with Gasteiger partial charge in [0, 0.05) is 12.2 Å². The first kappa shape index (κ1) is 13.3. The summed E-state index contributed by atoms with van der Waals surface area (Å²) < 4.78 is 13.5. The maximum atomic E-state index is 13.5. The number of nitrogens with zero attached hydrogens (tertiary/aromatic N) is 2. The Kier molecular flexibility index (Phi) is 4.28. The summed E-state index contributed by atoms with van der Waals surface area (Å²) >= 11 is 0. The fourth-order valence-corrected chi connectivity index (χ4v) is 1.54. The van der Waals surface area contributed by atoms with E-state index in [4.69, 9.17) is 0 Å². The smallest absolute Gasteiger partial charge is 0.229 e. The van der Waals surface area contributed by atoms with Crippen LogP contribution >= 0.6 is 0 Å². The molecule has 0 saturated carbocycles. The number of aromatic nitrogens is 2. The van der Waals surface area contributed by atoms with E-state index < -0.39 is 0 Å². The highest BCUT2D eigenvalue weighted by Crippen LogP contribution is 2.17. The van der Waals surface area contributed by atoms with Gasteiger partial charge in [0.15, 0.2) is 0 Å². The Balaban J connectivity index is 2.13. The highest BCUT2D eigenvalue weighted by atomic mass is 19.1. The number of nitrogens with one attached hydrogen (secondary N) is 2. The second-order valence-electron chi connectivity index (χ2n) is 4.32. The number of hydrogen-bond donors (Lipinski definition) is 2. The summed E-state index contributed by atoms with van der Waals surface area (Å²) in [5.74, 6) is 0.771. The van der Waals surface area contributed by atoms with Crippen LogP contribution in [0.1, 0.15) is 20.3 Å². The zero-order valence-electron chi connectivity index (χ0n) is 11.0. The fourth-order valence-electron chi connectivity index (χ4n) is 1.54. The molecule has 0 bridgehead atoms. The lowest BCUT2D eigenvalue weighted by molar-refractivity contribution is 0.631. The lowest BCUT2D eigenvalue weighted by Gasteiger charge is -2.13. The predicted octanol–water partition coefficient (Wildman–Crippen LogP) is 3.57. The summed E-state index contributed by atoms with van der Waals surface area (Å²) in [6, 6.07) is 8.56. The van der Waals surface area contributed by atoms with Crippen molar-refractivity contribution < 1.29 is 4.39 Å². The van der Waals surface area contributed by atoms with Crippen molar-refractivity contribution in [2.75, 3.05) is 10.6 Å². The molecule has 1 unspecified atom stereocenters. The number of benzene rings is 1. The summed E-state index contributed by atoms with van der Waals surface area (Å²) in [7, 11) is 0. The van der Waals surface area contributed by atoms with Crippen LogP contribution in [-0.2, 0) is 0 Å². The van der Waals surface area contributed by atoms with E-state index in [9.17, 15) is 4.39 Å². The van der Waals surface area contributed by atoms with E-state index in [-0.39, 0.29) is 5.82 Å². The molecule has 2 aromatic rings. The quantitative estimate of drug-likeness (QED) is 0.863. The zero-order valence-corrected chi connectivity index (χ0v) is 11.0. The van der Waals surface area contributed by atoms with E-state index in [1.165, 1.54) is 6.07 Å². The molecule has 0 aliphatic heterocycles. The first-order chi connectivity index (χ1) is 9.19. The van der Waals surface area contributed by atoms with Crippen molar-refractivity contribution in [1.29, 1.82) is 0 Å². The first-order valence-electron chi connectivity index (χ1n) is 6.30. The minimum absolute atomic E-state index is 0.327. The fraction of sp³-hybridized carbons (Fsp3) is 0.286. The third kappa shape index (κ3) is 3.64. The van der Waals surface area contributed by atoms with Crippen molar-refractivity contribution in [3.05, 3.63) is 42.3 Å². The molecule has 0 fully saturated rings. The van der Waals surface area contributed by atoms with Gasteiger partial charge in [-0.05, 0) is 31.5 Å². The van der Waals surface area contributed by atoms with E-state index >= 15 is 0 Å². The SMILES string of the molecule is CCC(C)Nc1ccnc(Nc2ccccc2F)n1. The van der Waals surface area contributed by atoms with Gasteiger partial charge < -0.3 is 10.6 Å². The Bertz CT molecular complexity index is 544. The molecule has 100 valence electrons.